The number of nitrogens with zero attached hydrogens (tertiary/aromatic N) is 1. The molecule has 0 saturated carbocycles. The van der Waals surface area contributed by atoms with Gasteiger partial charge < -0.3 is 0 Å². The number of hydrogen-bond acceptors (Lipinski definition) is 1. The highest BCUT2D eigenvalue weighted by Gasteiger charge is 2.21. The van der Waals surface area contributed by atoms with Gasteiger partial charge in [0.05, 0.1) is 0 Å². The van der Waals surface area contributed by atoms with Crippen LogP contribution in [0, 0.1) is 0 Å². The summed E-state index contributed by atoms with van der Waals surface area (Å²) in [5.41, 5.74) is 5.50. The Balaban J connectivity index is 0.00000120. The Kier molecular flexibility index (Phi) is 3.83. The lowest BCUT2D eigenvalue weighted by atomic mass is 10.0. The van der Waals surface area contributed by atoms with E-state index in [4.69, 9.17) is 0 Å². The topological polar surface area (TPSA) is 12.9 Å². The summed E-state index contributed by atoms with van der Waals surface area (Å²) in [7, 11) is 0. The van der Waals surface area contributed by atoms with Crippen molar-refractivity contribution in [3.8, 4) is 0 Å². The van der Waals surface area contributed by atoms with Gasteiger partial charge in [-0.05, 0) is 46.7 Å². The molecule has 0 radical (unpaired) electrons. The van der Waals surface area contributed by atoms with Gasteiger partial charge in [-0.25, -0.2) is 0 Å². The van der Waals surface area contributed by atoms with Gasteiger partial charge in [0.25, 0.3) is 0 Å². The molecule has 1 heterocycles. The van der Waals surface area contributed by atoms with E-state index >= 15 is 0 Å². The van der Waals surface area contributed by atoms with E-state index in [0.29, 0.717) is 5.92 Å². The van der Waals surface area contributed by atoms with Crippen LogP contribution in [0.2, 0.25) is 0 Å². The molecule has 0 fully saturated rings. The van der Waals surface area contributed by atoms with E-state index in [1.54, 1.807) is 0 Å². The molecule has 0 amide bonds. The van der Waals surface area contributed by atoms with Crippen LogP contribution in [-0.2, 0) is 0 Å². The zero-order valence-corrected chi connectivity index (χ0v) is 11.2. The van der Waals surface area contributed by atoms with Crippen molar-refractivity contribution < 1.29 is 0 Å². The van der Waals surface area contributed by atoms with E-state index in [2.05, 4.69) is 48.3 Å². The van der Waals surface area contributed by atoms with Crippen LogP contribution in [0.1, 0.15) is 36.0 Å². The average molecular weight is 258 g/mol. The molecule has 92 valence electrons. The average Bonchev–Trinajstić information content (AvgIpc) is 2.69. The Bertz CT molecular complexity index is 560. The van der Waals surface area contributed by atoms with Crippen molar-refractivity contribution in [2.75, 3.05) is 0 Å². The molecule has 1 unspecified atom stereocenters. The lowest BCUT2D eigenvalue weighted by Gasteiger charge is -2.01. The van der Waals surface area contributed by atoms with Crippen LogP contribution in [0.5, 0.6) is 0 Å². The maximum Gasteiger partial charge on any atom is 0.0340 e. The van der Waals surface area contributed by atoms with Gasteiger partial charge in [0.1, 0.15) is 0 Å². The Morgan fingerprint density at radius 3 is 2.78 bits per heavy atom. The number of aromatic nitrogens is 1. The number of pyridine rings is 1. The van der Waals surface area contributed by atoms with Gasteiger partial charge in [0.15, 0.2) is 0 Å². The Morgan fingerprint density at radius 1 is 1.17 bits per heavy atom. The lowest BCUT2D eigenvalue weighted by molar-refractivity contribution is 0.829. The molecular formula is C16H16ClN. The van der Waals surface area contributed by atoms with Crippen molar-refractivity contribution in [1.29, 1.82) is 0 Å². The van der Waals surface area contributed by atoms with Gasteiger partial charge in [0, 0.05) is 12.4 Å². The Hall–Kier alpha value is -1.60. The zero-order chi connectivity index (χ0) is 11.7. The minimum absolute atomic E-state index is 0. The van der Waals surface area contributed by atoms with Crippen molar-refractivity contribution in [3.63, 3.8) is 0 Å². The quantitative estimate of drug-likeness (QED) is 0.730. The lowest BCUT2D eigenvalue weighted by Crippen LogP contribution is -1.83. The second kappa shape index (κ2) is 5.36. The first-order chi connectivity index (χ1) is 8.34. The van der Waals surface area contributed by atoms with Crippen LogP contribution in [0.25, 0.3) is 11.6 Å². The highest BCUT2D eigenvalue weighted by Crippen LogP contribution is 2.41. The summed E-state index contributed by atoms with van der Waals surface area (Å²) in [5, 5.41) is 0. The van der Waals surface area contributed by atoms with Crippen molar-refractivity contribution in [1.82, 2.24) is 4.98 Å². The fourth-order valence-corrected chi connectivity index (χ4v) is 2.57. The zero-order valence-electron chi connectivity index (χ0n) is 10.3. The second-order valence-corrected chi connectivity index (χ2v) is 4.65. The summed E-state index contributed by atoms with van der Waals surface area (Å²) in [6.45, 7) is 2.29. The molecule has 1 nitrogen and oxygen atoms in total. The van der Waals surface area contributed by atoms with Crippen molar-refractivity contribution in [3.05, 3.63) is 65.5 Å². The minimum Gasteiger partial charge on any atom is -0.264 e. The number of halogens is 1. The largest absolute Gasteiger partial charge is 0.264 e. The molecule has 0 bridgehead atoms. The molecular weight excluding hydrogens is 242 g/mol. The standard InChI is InChI=1S/C16H15N.ClH/c1-12-9-14(10-13-5-4-8-17-11-13)16-7-3-2-6-15(12)16;/h2-8,10-12H,9H2,1H3;1H/b14-10-;. The van der Waals surface area contributed by atoms with Crippen LogP contribution in [0.15, 0.2) is 48.8 Å². The van der Waals surface area contributed by atoms with E-state index in [1.165, 1.54) is 22.3 Å². The molecule has 0 aliphatic heterocycles. The first-order valence-electron chi connectivity index (χ1n) is 6.04. The maximum atomic E-state index is 4.16. The van der Waals surface area contributed by atoms with Gasteiger partial charge in [-0.1, -0.05) is 37.3 Å². The molecule has 1 atom stereocenters. The SMILES string of the molecule is CC1C/C(=C/c2cccnc2)c2ccccc21.Cl. The van der Waals surface area contributed by atoms with Crippen LogP contribution >= 0.6 is 12.4 Å². The summed E-state index contributed by atoms with van der Waals surface area (Å²) in [4.78, 5) is 4.16. The van der Waals surface area contributed by atoms with E-state index in [9.17, 15) is 0 Å². The number of allylic oxidation sites excluding steroid dienone is 1. The summed E-state index contributed by atoms with van der Waals surface area (Å²) in [6.07, 6.45) is 7.12. The number of benzene rings is 1. The number of fused-ring (bicyclic) bond motifs is 1. The second-order valence-electron chi connectivity index (χ2n) is 4.65. The summed E-state index contributed by atoms with van der Waals surface area (Å²) in [6, 6.07) is 12.8. The normalized spacial score (nSPS) is 19.4. The van der Waals surface area contributed by atoms with E-state index < -0.39 is 0 Å². The molecule has 0 N–H and O–H groups in total. The third-order valence-electron chi connectivity index (χ3n) is 3.39. The van der Waals surface area contributed by atoms with Gasteiger partial charge in [-0.15, -0.1) is 12.4 Å². The molecule has 1 aliphatic rings. The summed E-state index contributed by atoms with van der Waals surface area (Å²) >= 11 is 0. The number of hydrogen-bond donors (Lipinski definition) is 0. The van der Waals surface area contributed by atoms with E-state index in [-0.39, 0.29) is 12.4 Å². The fourth-order valence-electron chi connectivity index (χ4n) is 2.57. The van der Waals surface area contributed by atoms with Crippen molar-refractivity contribution in [2.24, 2.45) is 0 Å². The van der Waals surface area contributed by atoms with Crippen LogP contribution in [0.3, 0.4) is 0 Å². The predicted molar refractivity (Wildman–Crippen MR) is 78.8 cm³/mol. The predicted octanol–water partition coefficient (Wildman–Crippen LogP) is 4.55. The molecule has 2 heteroatoms. The van der Waals surface area contributed by atoms with E-state index in [1.807, 2.05) is 18.5 Å². The highest BCUT2D eigenvalue weighted by atomic mass is 35.5. The number of rotatable bonds is 1. The molecule has 0 spiro atoms. The van der Waals surface area contributed by atoms with Crippen molar-refractivity contribution >= 4 is 24.1 Å². The molecule has 1 aliphatic carbocycles. The van der Waals surface area contributed by atoms with Gasteiger partial charge >= 0.3 is 0 Å². The molecule has 1 aromatic heterocycles. The third-order valence-corrected chi connectivity index (χ3v) is 3.39. The highest BCUT2D eigenvalue weighted by molar-refractivity contribution is 5.86. The Morgan fingerprint density at radius 2 is 2.00 bits per heavy atom. The summed E-state index contributed by atoms with van der Waals surface area (Å²) < 4.78 is 0. The van der Waals surface area contributed by atoms with Gasteiger partial charge in [-0.2, -0.15) is 0 Å². The Labute approximate surface area is 114 Å². The summed E-state index contributed by atoms with van der Waals surface area (Å²) in [5.74, 6) is 0.633. The van der Waals surface area contributed by atoms with Gasteiger partial charge in [0.2, 0.25) is 0 Å². The smallest absolute Gasteiger partial charge is 0.0340 e. The molecule has 18 heavy (non-hydrogen) atoms. The van der Waals surface area contributed by atoms with Gasteiger partial charge in [-0.3, -0.25) is 4.98 Å². The molecule has 1 aromatic carbocycles. The molecule has 2 aromatic rings. The first-order valence-corrected chi connectivity index (χ1v) is 6.04. The minimum atomic E-state index is 0. The van der Waals surface area contributed by atoms with Crippen LogP contribution in [0.4, 0.5) is 0 Å². The third kappa shape index (κ3) is 2.32. The monoisotopic (exact) mass is 257 g/mol. The van der Waals surface area contributed by atoms with Crippen LogP contribution < -0.4 is 0 Å². The van der Waals surface area contributed by atoms with Crippen molar-refractivity contribution in [2.45, 2.75) is 19.3 Å². The fraction of sp³-hybridized carbons (Fsp3) is 0.188. The first kappa shape index (κ1) is 12.8. The molecule has 0 saturated heterocycles. The van der Waals surface area contributed by atoms with Crippen LogP contribution in [-0.4, -0.2) is 4.98 Å². The van der Waals surface area contributed by atoms with E-state index in [0.717, 1.165) is 6.42 Å². The maximum absolute atomic E-state index is 4.16. The molecule has 3 rings (SSSR count).